The molecule has 2 N–H and O–H groups in total. The van der Waals surface area contributed by atoms with Crippen LogP contribution in [-0.4, -0.2) is 13.8 Å². The minimum Gasteiger partial charge on any atom is -0.371 e. The van der Waals surface area contributed by atoms with Crippen molar-refractivity contribution in [2.75, 3.05) is 10.0 Å². The van der Waals surface area contributed by atoms with Gasteiger partial charge in [-0.3, -0.25) is 4.72 Å². The number of hydrogen-bond donors (Lipinski definition) is 3. The van der Waals surface area contributed by atoms with Crippen LogP contribution in [0.15, 0.2) is 39.9 Å². The molecule has 1 unspecified atom stereocenters. The predicted molar refractivity (Wildman–Crippen MR) is 81.7 cm³/mol. The molecule has 1 aromatic heterocycles. The topological polar surface area (TPSA) is 58.2 Å². The molecule has 1 aliphatic heterocycles. The van der Waals surface area contributed by atoms with E-state index in [-0.39, 0.29) is 5.37 Å². The van der Waals surface area contributed by atoms with Gasteiger partial charge in [0.05, 0.1) is 16.7 Å². The van der Waals surface area contributed by atoms with Gasteiger partial charge in [-0.15, -0.1) is 11.3 Å². The molecular weight excluding hydrogens is 300 g/mol. The fourth-order valence-corrected chi connectivity index (χ4v) is 4.45. The summed E-state index contributed by atoms with van der Waals surface area (Å²) in [7, 11) is -3.51. The Balaban J connectivity index is 1.96. The minimum atomic E-state index is -3.51. The molecule has 2 heterocycles. The lowest BCUT2D eigenvalue weighted by molar-refractivity contribution is 0.603. The maximum Gasteiger partial charge on any atom is 0.271 e. The van der Waals surface area contributed by atoms with E-state index in [0.717, 1.165) is 17.7 Å². The van der Waals surface area contributed by atoms with E-state index >= 15 is 0 Å². The number of anilines is 2. The lowest BCUT2D eigenvalue weighted by Gasteiger charge is -2.11. The monoisotopic (exact) mass is 312 g/mol. The molecule has 1 aromatic carbocycles. The molecule has 4 nitrogen and oxygen atoms in total. The zero-order valence-corrected chi connectivity index (χ0v) is 12.4. The number of thiophene rings is 1. The first-order chi connectivity index (χ1) is 9.06. The first-order valence-corrected chi connectivity index (χ1v) is 8.57. The van der Waals surface area contributed by atoms with E-state index in [4.69, 9.17) is 0 Å². The summed E-state index contributed by atoms with van der Waals surface area (Å²) in [4.78, 5) is 0. The highest BCUT2D eigenvalue weighted by Gasteiger charge is 2.23. The molecule has 19 heavy (non-hydrogen) atoms. The van der Waals surface area contributed by atoms with Crippen LogP contribution in [0.5, 0.6) is 0 Å². The van der Waals surface area contributed by atoms with Crippen molar-refractivity contribution in [3.05, 3.63) is 41.3 Å². The van der Waals surface area contributed by atoms with Gasteiger partial charge in [0, 0.05) is 6.42 Å². The van der Waals surface area contributed by atoms with Gasteiger partial charge in [0.2, 0.25) is 0 Å². The highest BCUT2D eigenvalue weighted by molar-refractivity contribution is 7.94. The van der Waals surface area contributed by atoms with Crippen LogP contribution in [0.4, 0.5) is 11.4 Å². The summed E-state index contributed by atoms with van der Waals surface area (Å²) in [6, 6.07) is 8.88. The Morgan fingerprint density at radius 1 is 1.32 bits per heavy atom. The maximum absolute atomic E-state index is 12.2. The van der Waals surface area contributed by atoms with Gasteiger partial charge in [-0.1, -0.05) is 18.2 Å². The Morgan fingerprint density at radius 3 is 2.89 bits per heavy atom. The molecule has 100 valence electrons. The molecule has 7 heteroatoms. The molecule has 1 aliphatic rings. The van der Waals surface area contributed by atoms with Crippen molar-refractivity contribution in [3.8, 4) is 0 Å². The normalized spacial score (nSPS) is 17.8. The van der Waals surface area contributed by atoms with Gasteiger partial charge in [-0.25, -0.2) is 8.42 Å². The van der Waals surface area contributed by atoms with Crippen LogP contribution in [0.1, 0.15) is 5.56 Å². The van der Waals surface area contributed by atoms with Crippen molar-refractivity contribution in [1.29, 1.82) is 0 Å². The van der Waals surface area contributed by atoms with E-state index < -0.39 is 10.0 Å². The van der Waals surface area contributed by atoms with Gasteiger partial charge in [-0.05, 0) is 23.1 Å². The van der Waals surface area contributed by atoms with Crippen LogP contribution >= 0.6 is 24.0 Å². The van der Waals surface area contributed by atoms with Crippen LogP contribution in [0.25, 0.3) is 0 Å². The second-order valence-corrected chi connectivity index (χ2v) is 7.72. The number of sulfonamides is 1. The summed E-state index contributed by atoms with van der Waals surface area (Å²) in [5, 5.41) is 4.95. The average molecular weight is 312 g/mol. The van der Waals surface area contributed by atoms with E-state index in [9.17, 15) is 8.42 Å². The quantitative estimate of drug-likeness (QED) is 0.764. The van der Waals surface area contributed by atoms with Crippen molar-refractivity contribution >= 4 is 45.4 Å². The highest BCUT2D eigenvalue weighted by atomic mass is 32.2. The molecule has 3 rings (SSSR count). The molecule has 0 aliphatic carbocycles. The summed E-state index contributed by atoms with van der Waals surface area (Å²) in [5.41, 5.74) is 2.47. The number of thiol groups is 1. The van der Waals surface area contributed by atoms with Crippen molar-refractivity contribution < 1.29 is 8.42 Å². The SMILES string of the molecule is O=S(=O)(Nc1cccc2c1NC(S)C2)c1cccs1. The summed E-state index contributed by atoms with van der Waals surface area (Å²) >= 11 is 5.57. The third-order valence-electron chi connectivity index (χ3n) is 2.88. The second kappa shape index (κ2) is 4.73. The fourth-order valence-electron chi connectivity index (χ4n) is 2.06. The van der Waals surface area contributed by atoms with Crippen molar-refractivity contribution in [3.63, 3.8) is 0 Å². The number of rotatable bonds is 3. The van der Waals surface area contributed by atoms with Crippen LogP contribution in [0.3, 0.4) is 0 Å². The maximum atomic E-state index is 12.2. The number of nitrogens with one attached hydrogen (secondary N) is 2. The molecular formula is C12H12N2O2S3. The first kappa shape index (κ1) is 12.8. The number of benzene rings is 1. The molecule has 2 aromatic rings. The van der Waals surface area contributed by atoms with E-state index in [0.29, 0.717) is 9.90 Å². The highest BCUT2D eigenvalue weighted by Crippen LogP contribution is 2.35. The lowest BCUT2D eigenvalue weighted by atomic mass is 10.1. The van der Waals surface area contributed by atoms with Crippen LogP contribution in [0, 0.1) is 0 Å². The van der Waals surface area contributed by atoms with Gasteiger partial charge >= 0.3 is 0 Å². The van der Waals surface area contributed by atoms with Gasteiger partial charge in [0.15, 0.2) is 0 Å². The van der Waals surface area contributed by atoms with Crippen molar-refractivity contribution in [1.82, 2.24) is 0 Å². The molecule has 0 spiro atoms. The van der Waals surface area contributed by atoms with Crippen LogP contribution in [0.2, 0.25) is 0 Å². The van der Waals surface area contributed by atoms with E-state index in [1.165, 1.54) is 11.3 Å². The predicted octanol–water partition coefficient (Wildman–Crippen LogP) is 2.77. The number of para-hydroxylation sites is 1. The molecule has 1 atom stereocenters. The van der Waals surface area contributed by atoms with E-state index in [1.807, 2.05) is 12.1 Å². The lowest BCUT2D eigenvalue weighted by Crippen LogP contribution is -2.13. The van der Waals surface area contributed by atoms with Crippen molar-refractivity contribution in [2.24, 2.45) is 0 Å². The summed E-state index contributed by atoms with van der Waals surface area (Å²) < 4.78 is 27.3. The van der Waals surface area contributed by atoms with Crippen LogP contribution in [-0.2, 0) is 16.4 Å². The third kappa shape index (κ3) is 2.45. The molecule has 0 amide bonds. The molecule has 0 saturated carbocycles. The number of fused-ring (bicyclic) bond motifs is 1. The van der Waals surface area contributed by atoms with E-state index in [2.05, 4.69) is 22.7 Å². The number of hydrogen-bond acceptors (Lipinski definition) is 5. The Bertz CT molecular complexity index is 696. The smallest absolute Gasteiger partial charge is 0.271 e. The Morgan fingerprint density at radius 2 is 2.16 bits per heavy atom. The Kier molecular flexibility index (Phi) is 3.20. The van der Waals surface area contributed by atoms with Gasteiger partial charge < -0.3 is 5.32 Å². The van der Waals surface area contributed by atoms with Gasteiger partial charge in [0.25, 0.3) is 10.0 Å². The standard InChI is InChI=1S/C12H12N2O2S3/c15-19(16,11-5-2-6-18-11)14-9-4-1-3-8-7-10(17)13-12(8)9/h1-6,10,13-14,17H,7H2. The second-order valence-electron chi connectivity index (χ2n) is 4.24. The summed E-state index contributed by atoms with van der Waals surface area (Å²) in [6.07, 6.45) is 0.785. The zero-order chi connectivity index (χ0) is 13.5. The molecule has 0 saturated heterocycles. The van der Waals surface area contributed by atoms with Gasteiger partial charge in [0.1, 0.15) is 4.21 Å². The third-order valence-corrected chi connectivity index (χ3v) is 5.95. The largest absolute Gasteiger partial charge is 0.371 e. The Labute approximate surface area is 121 Å². The summed E-state index contributed by atoms with van der Waals surface area (Å²) in [6.45, 7) is 0. The molecule has 0 fully saturated rings. The van der Waals surface area contributed by atoms with E-state index in [1.54, 1.807) is 23.6 Å². The first-order valence-electron chi connectivity index (χ1n) is 5.69. The van der Waals surface area contributed by atoms with Crippen molar-refractivity contribution in [2.45, 2.75) is 16.0 Å². The van der Waals surface area contributed by atoms with Crippen LogP contribution < -0.4 is 10.0 Å². The molecule has 0 radical (unpaired) electrons. The summed E-state index contributed by atoms with van der Waals surface area (Å²) in [5.74, 6) is 0. The average Bonchev–Trinajstić information content (AvgIpc) is 2.96. The fraction of sp³-hybridized carbons (Fsp3) is 0.167. The Hall–Kier alpha value is -1.18. The minimum absolute atomic E-state index is 0.0300. The molecule has 0 bridgehead atoms. The zero-order valence-electron chi connectivity index (χ0n) is 9.83. The van der Waals surface area contributed by atoms with Gasteiger partial charge in [-0.2, -0.15) is 12.6 Å².